The minimum absolute atomic E-state index is 0.673. The van der Waals surface area contributed by atoms with Gasteiger partial charge in [0.25, 0.3) is 0 Å². The molecular weight excluding hydrogens is 162 g/mol. The van der Waals surface area contributed by atoms with E-state index in [0.717, 1.165) is 11.3 Å². The van der Waals surface area contributed by atoms with Crippen LogP contribution in [-0.4, -0.2) is 6.61 Å². The van der Waals surface area contributed by atoms with Crippen LogP contribution in [0.1, 0.15) is 5.56 Å². The van der Waals surface area contributed by atoms with E-state index in [4.69, 9.17) is 4.74 Å². The Balaban J connectivity index is 2.30. The molecule has 0 spiro atoms. The molecule has 1 aliphatic rings. The van der Waals surface area contributed by atoms with Gasteiger partial charge in [-0.15, -0.1) is 0 Å². The summed E-state index contributed by atoms with van der Waals surface area (Å²) in [6, 6.07) is 4.09. The topological polar surface area (TPSA) is 13.1 Å². The first-order valence-electron chi connectivity index (χ1n) is 4.31. The van der Waals surface area contributed by atoms with Crippen LogP contribution in [0, 0.1) is 0 Å². The van der Waals surface area contributed by atoms with Crippen LogP contribution in [0.25, 0.3) is 5.76 Å². The van der Waals surface area contributed by atoms with Gasteiger partial charge in [0, 0.05) is 17.7 Å². The van der Waals surface area contributed by atoms with Crippen molar-refractivity contribution in [3.63, 3.8) is 0 Å². The minimum Gasteiger partial charge on any atom is -0.489 e. The number of allylic oxidation sites excluding steroid dienone is 2. The van der Waals surface area contributed by atoms with E-state index in [1.807, 2.05) is 54.4 Å². The fourth-order valence-corrected chi connectivity index (χ4v) is 1.24. The molecule has 0 atom stereocenters. The lowest BCUT2D eigenvalue weighted by Crippen LogP contribution is -2.25. The largest absolute Gasteiger partial charge is 0.489 e. The summed E-state index contributed by atoms with van der Waals surface area (Å²) >= 11 is 0. The SMILES string of the molecule is C[n+]1ccc(C2=CC=CCO2)cc1. The van der Waals surface area contributed by atoms with Crippen LogP contribution < -0.4 is 4.57 Å². The molecule has 2 heteroatoms. The lowest BCUT2D eigenvalue weighted by molar-refractivity contribution is -0.671. The van der Waals surface area contributed by atoms with E-state index in [-0.39, 0.29) is 0 Å². The van der Waals surface area contributed by atoms with E-state index in [0.29, 0.717) is 6.61 Å². The molecule has 0 aromatic carbocycles. The van der Waals surface area contributed by atoms with Crippen molar-refractivity contribution in [2.24, 2.45) is 7.05 Å². The Hall–Kier alpha value is -1.57. The number of aryl methyl sites for hydroxylation is 1. The summed E-state index contributed by atoms with van der Waals surface area (Å²) in [4.78, 5) is 0. The first kappa shape index (κ1) is 8.05. The zero-order valence-electron chi connectivity index (χ0n) is 7.60. The fourth-order valence-electron chi connectivity index (χ4n) is 1.24. The molecule has 0 aliphatic carbocycles. The monoisotopic (exact) mass is 174 g/mol. The van der Waals surface area contributed by atoms with E-state index in [1.165, 1.54) is 0 Å². The number of pyridine rings is 1. The van der Waals surface area contributed by atoms with Gasteiger partial charge < -0.3 is 4.74 Å². The highest BCUT2D eigenvalue weighted by atomic mass is 16.5. The van der Waals surface area contributed by atoms with Gasteiger partial charge in [0.2, 0.25) is 0 Å². The highest BCUT2D eigenvalue weighted by Gasteiger charge is 2.04. The van der Waals surface area contributed by atoms with Crippen molar-refractivity contribution in [1.82, 2.24) is 0 Å². The Labute approximate surface area is 77.8 Å². The average molecular weight is 174 g/mol. The molecule has 0 amide bonds. The second kappa shape index (κ2) is 3.44. The van der Waals surface area contributed by atoms with Gasteiger partial charge in [-0.1, -0.05) is 6.08 Å². The van der Waals surface area contributed by atoms with Crippen LogP contribution in [0.2, 0.25) is 0 Å². The van der Waals surface area contributed by atoms with Crippen LogP contribution >= 0.6 is 0 Å². The summed E-state index contributed by atoms with van der Waals surface area (Å²) in [6.45, 7) is 0.673. The molecule has 1 aliphatic heterocycles. The van der Waals surface area contributed by atoms with Crippen molar-refractivity contribution in [3.05, 3.63) is 48.3 Å². The van der Waals surface area contributed by atoms with E-state index in [9.17, 15) is 0 Å². The van der Waals surface area contributed by atoms with Crippen LogP contribution in [0.5, 0.6) is 0 Å². The van der Waals surface area contributed by atoms with Crippen molar-refractivity contribution >= 4 is 5.76 Å². The molecule has 1 aromatic rings. The third-order valence-electron chi connectivity index (χ3n) is 1.98. The van der Waals surface area contributed by atoms with Crippen LogP contribution in [-0.2, 0) is 11.8 Å². The number of hydrogen-bond donors (Lipinski definition) is 0. The van der Waals surface area contributed by atoms with E-state index < -0.39 is 0 Å². The summed E-state index contributed by atoms with van der Waals surface area (Å²) in [5, 5.41) is 0. The summed E-state index contributed by atoms with van der Waals surface area (Å²) < 4.78 is 7.47. The van der Waals surface area contributed by atoms with Gasteiger partial charge in [-0.2, -0.15) is 0 Å². The highest BCUT2D eigenvalue weighted by molar-refractivity contribution is 5.61. The number of hydrogen-bond acceptors (Lipinski definition) is 1. The van der Waals surface area contributed by atoms with Crippen LogP contribution in [0.15, 0.2) is 42.8 Å². The first-order chi connectivity index (χ1) is 6.36. The summed E-state index contributed by atoms with van der Waals surface area (Å²) in [5.74, 6) is 0.947. The predicted molar refractivity (Wildman–Crippen MR) is 50.7 cm³/mol. The van der Waals surface area contributed by atoms with Crippen molar-refractivity contribution in [2.45, 2.75) is 0 Å². The standard InChI is InChI=1S/C11H12NO/c1-12-7-5-10(6-8-12)11-4-2-3-9-13-11/h2-8H,9H2,1H3/q+1. The number of rotatable bonds is 1. The minimum atomic E-state index is 0.673. The Morgan fingerprint density at radius 3 is 2.69 bits per heavy atom. The van der Waals surface area contributed by atoms with Gasteiger partial charge in [0.05, 0.1) is 0 Å². The van der Waals surface area contributed by atoms with Gasteiger partial charge >= 0.3 is 0 Å². The molecule has 0 bridgehead atoms. The molecule has 2 nitrogen and oxygen atoms in total. The van der Waals surface area contributed by atoms with Crippen molar-refractivity contribution in [2.75, 3.05) is 6.61 Å². The zero-order chi connectivity index (χ0) is 9.10. The Bertz CT molecular complexity index is 349. The van der Waals surface area contributed by atoms with E-state index in [2.05, 4.69) is 0 Å². The van der Waals surface area contributed by atoms with Gasteiger partial charge in [-0.25, -0.2) is 4.57 Å². The molecule has 0 unspecified atom stereocenters. The molecule has 13 heavy (non-hydrogen) atoms. The van der Waals surface area contributed by atoms with Crippen molar-refractivity contribution < 1.29 is 9.30 Å². The second-order valence-corrected chi connectivity index (χ2v) is 3.02. The van der Waals surface area contributed by atoms with Crippen LogP contribution in [0.3, 0.4) is 0 Å². The quantitative estimate of drug-likeness (QED) is 0.587. The lowest BCUT2D eigenvalue weighted by Gasteiger charge is -2.10. The van der Waals surface area contributed by atoms with Crippen LogP contribution in [0.4, 0.5) is 0 Å². The molecular formula is C11H12NO+. The summed E-state index contributed by atoms with van der Waals surface area (Å²) in [7, 11) is 2.00. The molecule has 0 radical (unpaired) electrons. The third-order valence-corrected chi connectivity index (χ3v) is 1.98. The maximum absolute atomic E-state index is 5.47. The number of ether oxygens (including phenoxy) is 1. The smallest absolute Gasteiger partial charge is 0.169 e. The lowest BCUT2D eigenvalue weighted by atomic mass is 10.2. The molecule has 0 saturated carbocycles. The molecule has 66 valence electrons. The average Bonchev–Trinajstić information content (AvgIpc) is 2.20. The summed E-state index contributed by atoms with van der Waals surface area (Å²) in [6.07, 6.45) is 10.0. The molecule has 0 fully saturated rings. The summed E-state index contributed by atoms with van der Waals surface area (Å²) in [5.41, 5.74) is 1.13. The Morgan fingerprint density at radius 1 is 1.31 bits per heavy atom. The first-order valence-corrected chi connectivity index (χ1v) is 4.31. The maximum atomic E-state index is 5.47. The van der Waals surface area contributed by atoms with Crippen molar-refractivity contribution in [3.8, 4) is 0 Å². The number of nitrogens with zero attached hydrogens (tertiary/aromatic N) is 1. The fraction of sp³-hybridized carbons (Fsp3) is 0.182. The molecule has 1 aromatic heterocycles. The Morgan fingerprint density at radius 2 is 2.08 bits per heavy atom. The van der Waals surface area contributed by atoms with E-state index in [1.54, 1.807) is 0 Å². The molecule has 0 saturated heterocycles. The third kappa shape index (κ3) is 1.78. The highest BCUT2D eigenvalue weighted by Crippen LogP contribution is 2.16. The molecule has 2 heterocycles. The molecule has 2 rings (SSSR count). The van der Waals surface area contributed by atoms with E-state index >= 15 is 0 Å². The number of aromatic nitrogens is 1. The molecule has 0 N–H and O–H groups in total. The van der Waals surface area contributed by atoms with Gasteiger partial charge in [0.1, 0.15) is 19.4 Å². The normalized spacial score (nSPS) is 15.0. The zero-order valence-corrected chi connectivity index (χ0v) is 7.60. The second-order valence-electron chi connectivity index (χ2n) is 3.02. The predicted octanol–water partition coefficient (Wildman–Crippen LogP) is 1.44. The Kier molecular flexibility index (Phi) is 2.13. The van der Waals surface area contributed by atoms with Gasteiger partial charge in [0.15, 0.2) is 12.4 Å². The van der Waals surface area contributed by atoms with Crippen molar-refractivity contribution in [1.29, 1.82) is 0 Å². The maximum Gasteiger partial charge on any atom is 0.169 e. The van der Waals surface area contributed by atoms with Gasteiger partial charge in [-0.3, -0.25) is 0 Å². The van der Waals surface area contributed by atoms with Gasteiger partial charge in [-0.05, 0) is 12.2 Å².